The lowest BCUT2D eigenvalue weighted by atomic mass is 10.0. The Kier molecular flexibility index (Phi) is 2.87. The van der Waals surface area contributed by atoms with Crippen LogP contribution in [0.3, 0.4) is 0 Å². The van der Waals surface area contributed by atoms with Crippen LogP contribution in [0.4, 0.5) is 0 Å². The molecule has 1 aromatic rings. The van der Waals surface area contributed by atoms with E-state index in [-0.39, 0.29) is 12.2 Å². The maximum Gasteiger partial charge on any atom is 0.305 e. The van der Waals surface area contributed by atoms with Gasteiger partial charge in [-0.3, -0.25) is 4.79 Å². The first-order chi connectivity index (χ1) is 6.09. The van der Waals surface area contributed by atoms with E-state index in [1.807, 2.05) is 0 Å². The van der Waals surface area contributed by atoms with Crippen LogP contribution < -0.4 is 5.73 Å². The van der Waals surface area contributed by atoms with Crippen molar-refractivity contribution < 1.29 is 15.0 Å². The van der Waals surface area contributed by atoms with Crippen LogP contribution in [-0.2, 0) is 4.79 Å². The van der Waals surface area contributed by atoms with E-state index in [4.69, 9.17) is 15.9 Å². The van der Waals surface area contributed by atoms with E-state index < -0.39 is 12.0 Å². The van der Waals surface area contributed by atoms with Gasteiger partial charge in [-0.05, 0) is 17.7 Å². The van der Waals surface area contributed by atoms with Crippen LogP contribution in [0, 0.1) is 0 Å². The number of aliphatic carboxylic acids is 1. The summed E-state index contributed by atoms with van der Waals surface area (Å²) in [6, 6.07) is 5.73. The van der Waals surface area contributed by atoms with Crippen molar-refractivity contribution in [2.24, 2.45) is 5.73 Å². The fraction of sp³-hybridized carbons (Fsp3) is 0.222. The highest BCUT2D eigenvalue weighted by Gasteiger charge is 2.10. The zero-order valence-corrected chi connectivity index (χ0v) is 6.97. The van der Waals surface area contributed by atoms with Gasteiger partial charge in [0.15, 0.2) is 0 Å². The van der Waals surface area contributed by atoms with Crippen LogP contribution in [0.25, 0.3) is 0 Å². The molecule has 0 unspecified atom stereocenters. The van der Waals surface area contributed by atoms with Crippen molar-refractivity contribution in [3.8, 4) is 5.75 Å². The van der Waals surface area contributed by atoms with Gasteiger partial charge in [0, 0.05) is 6.04 Å². The number of aromatic hydroxyl groups is 1. The molecule has 4 nitrogen and oxygen atoms in total. The van der Waals surface area contributed by atoms with Gasteiger partial charge in [0.2, 0.25) is 0 Å². The molecule has 0 aliphatic carbocycles. The van der Waals surface area contributed by atoms with Gasteiger partial charge in [0.1, 0.15) is 5.75 Å². The van der Waals surface area contributed by atoms with Gasteiger partial charge in [-0.15, -0.1) is 0 Å². The smallest absolute Gasteiger partial charge is 0.305 e. The molecule has 0 aliphatic rings. The minimum absolute atomic E-state index is 0.0957. The molecule has 0 aromatic heterocycles. The molecule has 0 radical (unpaired) electrons. The Hall–Kier alpha value is -1.55. The molecule has 4 N–H and O–H groups in total. The standard InChI is InChI=1S/C9H11NO3/c10-8(5-9(12)13)6-2-1-3-7(11)4-6/h1-4,8,11H,5,10H2,(H,12,13)/t8-/m1/s1. The number of carbonyl (C=O) groups is 1. The zero-order chi connectivity index (χ0) is 9.84. The van der Waals surface area contributed by atoms with Crippen molar-refractivity contribution in [2.75, 3.05) is 0 Å². The molecule has 0 fully saturated rings. The maximum atomic E-state index is 10.3. The third kappa shape index (κ3) is 2.76. The first-order valence-corrected chi connectivity index (χ1v) is 3.86. The molecule has 0 aliphatic heterocycles. The summed E-state index contributed by atoms with van der Waals surface area (Å²) in [5.74, 6) is -0.853. The van der Waals surface area contributed by atoms with Gasteiger partial charge in [-0.25, -0.2) is 0 Å². The van der Waals surface area contributed by atoms with Crippen molar-refractivity contribution in [3.63, 3.8) is 0 Å². The maximum absolute atomic E-state index is 10.3. The number of hydrogen-bond acceptors (Lipinski definition) is 3. The third-order valence-electron chi connectivity index (χ3n) is 1.69. The number of phenolic OH excluding ortho intramolecular Hbond substituents is 1. The second-order valence-corrected chi connectivity index (χ2v) is 2.80. The SMILES string of the molecule is N[C@H](CC(=O)O)c1cccc(O)c1. The third-order valence-corrected chi connectivity index (χ3v) is 1.69. The lowest BCUT2D eigenvalue weighted by Crippen LogP contribution is -2.14. The predicted octanol–water partition coefficient (Wildman–Crippen LogP) is 0.867. The first-order valence-electron chi connectivity index (χ1n) is 3.86. The van der Waals surface area contributed by atoms with Crippen LogP contribution in [0.5, 0.6) is 5.75 Å². The number of hydrogen-bond donors (Lipinski definition) is 3. The molecule has 1 rings (SSSR count). The number of carboxylic acids is 1. The van der Waals surface area contributed by atoms with Crippen molar-refractivity contribution in [2.45, 2.75) is 12.5 Å². The van der Waals surface area contributed by atoms with E-state index in [9.17, 15) is 4.79 Å². The Morgan fingerprint density at radius 1 is 1.54 bits per heavy atom. The monoisotopic (exact) mass is 181 g/mol. The predicted molar refractivity (Wildman–Crippen MR) is 47.3 cm³/mol. The van der Waals surface area contributed by atoms with E-state index in [1.54, 1.807) is 12.1 Å². The molecule has 0 spiro atoms. The van der Waals surface area contributed by atoms with Gasteiger partial charge in [0.05, 0.1) is 6.42 Å². The van der Waals surface area contributed by atoms with Crippen molar-refractivity contribution in [1.29, 1.82) is 0 Å². The normalized spacial score (nSPS) is 12.4. The van der Waals surface area contributed by atoms with Crippen LogP contribution in [0.1, 0.15) is 18.0 Å². The topological polar surface area (TPSA) is 83.6 Å². The summed E-state index contributed by atoms with van der Waals surface area (Å²) in [5.41, 5.74) is 6.20. The lowest BCUT2D eigenvalue weighted by molar-refractivity contribution is -0.137. The van der Waals surface area contributed by atoms with E-state index in [2.05, 4.69) is 0 Å². The summed E-state index contributed by atoms with van der Waals surface area (Å²) in [7, 11) is 0. The first kappa shape index (κ1) is 9.54. The quantitative estimate of drug-likeness (QED) is 0.646. The molecule has 0 heterocycles. The number of rotatable bonds is 3. The fourth-order valence-corrected chi connectivity index (χ4v) is 1.06. The highest BCUT2D eigenvalue weighted by Crippen LogP contribution is 2.18. The highest BCUT2D eigenvalue weighted by molar-refractivity contribution is 5.67. The average Bonchev–Trinajstić information content (AvgIpc) is 2.03. The number of carboxylic acid groups (broad SMARTS) is 1. The Labute approximate surface area is 75.6 Å². The van der Waals surface area contributed by atoms with Crippen LogP contribution in [0.15, 0.2) is 24.3 Å². The average molecular weight is 181 g/mol. The molecule has 13 heavy (non-hydrogen) atoms. The van der Waals surface area contributed by atoms with E-state index >= 15 is 0 Å². The largest absolute Gasteiger partial charge is 0.508 e. The molecule has 0 bridgehead atoms. The van der Waals surface area contributed by atoms with Crippen LogP contribution in [0.2, 0.25) is 0 Å². The summed E-state index contributed by atoms with van der Waals surface area (Å²) >= 11 is 0. The number of nitrogens with two attached hydrogens (primary N) is 1. The minimum Gasteiger partial charge on any atom is -0.508 e. The summed E-state index contributed by atoms with van der Waals surface area (Å²) in [5, 5.41) is 17.6. The minimum atomic E-state index is -0.948. The molecule has 1 atom stereocenters. The van der Waals surface area contributed by atoms with Gasteiger partial charge < -0.3 is 15.9 Å². The van der Waals surface area contributed by atoms with Crippen molar-refractivity contribution in [3.05, 3.63) is 29.8 Å². The molecular formula is C9H11NO3. The Morgan fingerprint density at radius 3 is 2.77 bits per heavy atom. The number of phenols is 1. The molecule has 70 valence electrons. The summed E-state index contributed by atoms with van der Waals surface area (Å²) < 4.78 is 0. The molecular weight excluding hydrogens is 170 g/mol. The Morgan fingerprint density at radius 2 is 2.23 bits per heavy atom. The van der Waals surface area contributed by atoms with Gasteiger partial charge in [0.25, 0.3) is 0 Å². The summed E-state index contributed by atoms with van der Waals surface area (Å²) in [6.45, 7) is 0. The van der Waals surface area contributed by atoms with Crippen LogP contribution in [-0.4, -0.2) is 16.2 Å². The lowest BCUT2D eigenvalue weighted by Gasteiger charge is -2.08. The molecule has 0 saturated heterocycles. The van der Waals surface area contributed by atoms with E-state index in [0.29, 0.717) is 5.56 Å². The number of benzene rings is 1. The Bertz CT molecular complexity index is 311. The van der Waals surface area contributed by atoms with Gasteiger partial charge >= 0.3 is 5.97 Å². The fourth-order valence-electron chi connectivity index (χ4n) is 1.06. The second kappa shape index (κ2) is 3.91. The highest BCUT2D eigenvalue weighted by atomic mass is 16.4. The Balaban J connectivity index is 2.76. The molecule has 1 aromatic carbocycles. The zero-order valence-electron chi connectivity index (χ0n) is 6.97. The molecule has 0 saturated carbocycles. The summed E-state index contributed by atoms with van der Waals surface area (Å²) in [4.78, 5) is 10.3. The van der Waals surface area contributed by atoms with E-state index in [0.717, 1.165) is 0 Å². The molecule has 0 amide bonds. The van der Waals surface area contributed by atoms with E-state index in [1.165, 1.54) is 12.1 Å². The van der Waals surface area contributed by atoms with Crippen molar-refractivity contribution in [1.82, 2.24) is 0 Å². The van der Waals surface area contributed by atoms with Crippen molar-refractivity contribution >= 4 is 5.97 Å². The second-order valence-electron chi connectivity index (χ2n) is 2.80. The summed E-state index contributed by atoms with van der Waals surface area (Å²) in [6.07, 6.45) is -0.135. The van der Waals surface area contributed by atoms with Gasteiger partial charge in [-0.2, -0.15) is 0 Å². The van der Waals surface area contributed by atoms with Crippen LogP contribution >= 0.6 is 0 Å². The van der Waals surface area contributed by atoms with Gasteiger partial charge in [-0.1, -0.05) is 12.1 Å². The molecule has 4 heteroatoms.